The van der Waals surface area contributed by atoms with E-state index in [1.54, 1.807) is 12.1 Å². The van der Waals surface area contributed by atoms with Crippen molar-refractivity contribution in [1.29, 1.82) is 0 Å². The molecule has 2 aromatic heterocycles. The molecule has 0 radical (unpaired) electrons. The number of amides is 1. The molecule has 10 heteroatoms. The van der Waals surface area contributed by atoms with Crippen molar-refractivity contribution < 1.29 is 22.7 Å². The normalized spacial score (nSPS) is 10.8. The Labute approximate surface area is 166 Å². The second-order valence-electron chi connectivity index (χ2n) is 5.71. The number of benzene rings is 1. The minimum atomic E-state index is -3.81. The first kappa shape index (κ1) is 20.0. The fraction of sp³-hybridized carbons (Fsp3) is 0.0526. The zero-order valence-corrected chi connectivity index (χ0v) is 15.8. The number of carbonyl (C=O) groups excluding carboxylic acids is 2. The highest BCUT2D eigenvalue weighted by molar-refractivity contribution is 7.92. The van der Waals surface area contributed by atoms with Gasteiger partial charge in [-0.15, -0.1) is 0 Å². The van der Waals surface area contributed by atoms with Crippen LogP contribution in [0, 0.1) is 0 Å². The van der Waals surface area contributed by atoms with E-state index < -0.39 is 28.5 Å². The fourth-order valence-corrected chi connectivity index (χ4v) is 3.24. The van der Waals surface area contributed by atoms with Gasteiger partial charge in [0, 0.05) is 24.3 Å². The smallest absolute Gasteiger partial charge is 0.338 e. The van der Waals surface area contributed by atoms with Crippen LogP contribution < -0.4 is 10.0 Å². The van der Waals surface area contributed by atoms with Gasteiger partial charge in [-0.25, -0.2) is 18.2 Å². The summed E-state index contributed by atoms with van der Waals surface area (Å²) in [7, 11) is -3.81. The predicted octanol–water partition coefficient (Wildman–Crippen LogP) is 2.07. The largest absolute Gasteiger partial charge is 0.452 e. The quantitative estimate of drug-likeness (QED) is 0.569. The van der Waals surface area contributed by atoms with E-state index in [9.17, 15) is 18.0 Å². The van der Waals surface area contributed by atoms with Crippen molar-refractivity contribution in [1.82, 2.24) is 9.97 Å². The van der Waals surface area contributed by atoms with Gasteiger partial charge in [-0.3, -0.25) is 14.5 Å². The van der Waals surface area contributed by atoms with Crippen molar-refractivity contribution in [2.45, 2.75) is 4.90 Å². The Balaban J connectivity index is 1.56. The molecule has 0 saturated heterocycles. The molecular weight excluding hydrogens is 396 g/mol. The molecule has 2 heterocycles. The molecule has 1 amide bonds. The summed E-state index contributed by atoms with van der Waals surface area (Å²) in [6.45, 7) is -0.484. The number of nitrogens with zero attached hydrogens (tertiary/aromatic N) is 2. The SMILES string of the molecule is O=C(COC(=O)c1ccncc1)Nc1ccc(S(=O)(=O)Nc2ccccn2)cc1. The molecule has 0 aliphatic heterocycles. The molecule has 3 aromatic rings. The number of sulfonamides is 1. The summed E-state index contributed by atoms with van der Waals surface area (Å²) in [6.07, 6.45) is 4.35. The number of pyridine rings is 2. The van der Waals surface area contributed by atoms with Gasteiger partial charge in [0.2, 0.25) is 0 Å². The van der Waals surface area contributed by atoms with E-state index in [0.29, 0.717) is 5.69 Å². The van der Waals surface area contributed by atoms with Crippen LogP contribution in [-0.2, 0) is 19.6 Å². The van der Waals surface area contributed by atoms with Crippen LogP contribution in [-0.4, -0.2) is 36.9 Å². The van der Waals surface area contributed by atoms with E-state index in [2.05, 4.69) is 20.0 Å². The van der Waals surface area contributed by atoms with Crippen LogP contribution in [0.3, 0.4) is 0 Å². The second-order valence-corrected chi connectivity index (χ2v) is 7.39. The van der Waals surface area contributed by atoms with Crippen molar-refractivity contribution in [3.8, 4) is 0 Å². The van der Waals surface area contributed by atoms with E-state index in [4.69, 9.17) is 4.74 Å². The Morgan fingerprint density at radius 2 is 1.66 bits per heavy atom. The summed E-state index contributed by atoms with van der Waals surface area (Å²) < 4.78 is 32.0. The van der Waals surface area contributed by atoms with Crippen molar-refractivity contribution in [2.75, 3.05) is 16.6 Å². The van der Waals surface area contributed by atoms with E-state index in [0.717, 1.165) is 0 Å². The highest BCUT2D eigenvalue weighted by Crippen LogP contribution is 2.17. The van der Waals surface area contributed by atoms with Gasteiger partial charge < -0.3 is 10.1 Å². The average Bonchev–Trinajstić information content (AvgIpc) is 2.73. The maximum atomic E-state index is 12.3. The molecule has 0 unspecified atom stereocenters. The third kappa shape index (κ3) is 5.59. The molecule has 0 aliphatic carbocycles. The van der Waals surface area contributed by atoms with Gasteiger partial charge in [-0.2, -0.15) is 0 Å². The highest BCUT2D eigenvalue weighted by Gasteiger charge is 2.15. The number of aromatic nitrogens is 2. The first-order chi connectivity index (χ1) is 13.9. The summed E-state index contributed by atoms with van der Waals surface area (Å²) in [5, 5.41) is 2.52. The third-order valence-corrected chi connectivity index (χ3v) is 4.97. The maximum Gasteiger partial charge on any atom is 0.338 e. The topological polar surface area (TPSA) is 127 Å². The van der Waals surface area contributed by atoms with Crippen LogP contribution in [0.1, 0.15) is 10.4 Å². The van der Waals surface area contributed by atoms with Crippen molar-refractivity contribution in [3.05, 3.63) is 78.8 Å². The molecule has 0 bridgehead atoms. The van der Waals surface area contributed by atoms with Gasteiger partial charge in [-0.1, -0.05) is 6.07 Å². The summed E-state index contributed by atoms with van der Waals surface area (Å²) in [6, 6.07) is 13.3. The number of hydrogen-bond donors (Lipinski definition) is 2. The predicted molar refractivity (Wildman–Crippen MR) is 105 cm³/mol. The monoisotopic (exact) mass is 412 g/mol. The van der Waals surface area contributed by atoms with Gasteiger partial charge in [-0.05, 0) is 48.5 Å². The first-order valence-corrected chi connectivity index (χ1v) is 9.83. The Hall–Kier alpha value is -3.79. The van der Waals surface area contributed by atoms with Gasteiger partial charge in [0.25, 0.3) is 15.9 Å². The van der Waals surface area contributed by atoms with Gasteiger partial charge >= 0.3 is 5.97 Å². The van der Waals surface area contributed by atoms with Crippen LogP contribution in [0.2, 0.25) is 0 Å². The number of rotatable bonds is 7. The summed E-state index contributed by atoms with van der Waals surface area (Å²) in [5.41, 5.74) is 0.634. The number of hydrogen-bond acceptors (Lipinski definition) is 7. The van der Waals surface area contributed by atoms with Crippen LogP contribution in [0.5, 0.6) is 0 Å². The molecular formula is C19H16N4O5S. The molecule has 0 saturated carbocycles. The minimum Gasteiger partial charge on any atom is -0.452 e. The molecule has 0 spiro atoms. The zero-order chi connectivity index (χ0) is 20.7. The molecule has 2 N–H and O–H groups in total. The van der Waals surface area contributed by atoms with Crippen LogP contribution in [0.4, 0.5) is 11.5 Å². The Morgan fingerprint density at radius 1 is 0.931 bits per heavy atom. The maximum absolute atomic E-state index is 12.3. The molecule has 0 fully saturated rings. The molecule has 9 nitrogen and oxygen atoms in total. The summed E-state index contributed by atoms with van der Waals surface area (Å²) in [4.78, 5) is 31.4. The molecule has 1 aromatic carbocycles. The molecule has 29 heavy (non-hydrogen) atoms. The Kier molecular flexibility index (Phi) is 6.15. The van der Waals surface area contributed by atoms with Gasteiger partial charge in [0.1, 0.15) is 5.82 Å². The first-order valence-electron chi connectivity index (χ1n) is 8.35. The average molecular weight is 412 g/mol. The third-order valence-electron chi connectivity index (χ3n) is 3.60. The lowest BCUT2D eigenvalue weighted by atomic mass is 10.3. The zero-order valence-electron chi connectivity index (χ0n) is 15.0. The molecule has 148 valence electrons. The van der Waals surface area contributed by atoms with Crippen molar-refractivity contribution >= 4 is 33.4 Å². The lowest BCUT2D eigenvalue weighted by Gasteiger charge is -2.09. The second kappa shape index (κ2) is 8.93. The van der Waals surface area contributed by atoms with Crippen LogP contribution in [0.15, 0.2) is 78.1 Å². The number of ether oxygens (including phenoxy) is 1. The number of anilines is 2. The molecule has 0 atom stereocenters. The van der Waals surface area contributed by atoms with E-state index in [1.165, 1.54) is 61.1 Å². The van der Waals surface area contributed by atoms with Crippen LogP contribution >= 0.6 is 0 Å². The number of esters is 1. The van der Waals surface area contributed by atoms with Gasteiger partial charge in [0.15, 0.2) is 6.61 Å². The molecule has 3 rings (SSSR count). The lowest BCUT2D eigenvalue weighted by Crippen LogP contribution is -2.21. The van der Waals surface area contributed by atoms with Crippen molar-refractivity contribution in [2.24, 2.45) is 0 Å². The number of carbonyl (C=O) groups is 2. The summed E-state index contributed by atoms with van der Waals surface area (Å²) >= 11 is 0. The lowest BCUT2D eigenvalue weighted by molar-refractivity contribution is -0.119. The highest BCUT2D eigenvalue weighted by atomic mass is 32.2. The fourth-order valence-electron chi connectivity index (χ4n) is 2.24. The summed E-state index contributed by atoms with van der Waals surface area (Å²) in [5.74, 6) is -1.01. The Morgan fingerprint density at radius 3 is 2.31 bits per heavy atom. The van der Waals surface area contributed by atoms with Gasteiger partial charge in [0.05, 0.1) is 10.5 Å². The van der Waals surface area contributed by atoms with Crippen LogP contribution in [0.25, 0.3) is 0 Å². The number of nitrogens with one attached hydrogen (secondary N) is 2. The van der Waals surface area contributed by atoms with E-state index in [1.807, 2.05) is 0 Å². The van der Waals surface area contributed by atoms with E-state index in [-0.39, 0.29) is 16.3 Å². The standard InChI is InChI=1S/C19H16N4O5S/c24-18(13-28-19(25)14-8-11-20-12-9-14)22-15-4-6-16(7-5-15)29(26,27)23-17-3-1-2-10-21-17/h1-12H,13H2,(H,21,23)(H,22,24). The Bertz CT molecular complexity index is 1090. The molecule has 0 aliphatic rings. The van der Waals surface area contributed by atoms with Crippen molar-refractivity contribution in [3.63, 3.8) is 0 Å². The van der Waals surface area contributed by atoms with E-state index >= 15 is 0 Å². The minimum absolute atomic E-state index is 0.00488.